The van der Waals surface area contributed by atoms with Crippen LogP contribution in [0.25, 0.3) is 0 Å². The molecular weight excluding hydrogens is 278 g/mol. The summed E-state index contributed by atoms with van der Waals surface area (Å²) in [7, 11) is 0. The topological polar surface area (TPSA) is 48.4 Å². The second-order valence-electron chi connectivity index (χ2n) is 5.56. The van der Waals surface area contributed by atoms with Crippen molar-refractivity contribution in [2.75, 3.05) is 13.2 Å². The highest BCUT2D eigenvalue weighted by Crippen LogP contribution is 2.27. The summed E-state index contributed by atoms with van der Waals surface area (Å²) in [5.74, 6) is 0.774. The number of hydrogen-bond donors (Lipinski definition) is 0. The molecule has 0 aliphatic rings. The van der Waals surface area contributed by atoms with Crippen LogP contribution in [0.3, 0.4) is 0 Å². The van der Waals surface area contributed by atoms with Gasteiger partial charge in [0.15, 0.2) is 12.1 Å². The van der Waals surface area contributed by atoms with Crippen LogP contribution in [0.4, 0.5) is 0 Å². The average Bonchev–Trinajstić information content (AvgIpc) is 2.54. The molecule has 1 aromatic rings. The minimum Gasteiger partial charge on any atom is -0.353 e. The van der Waals surface area contributed by atoms with E-state index in [4.69, 9.17) is 9.47 Å². The number of carbonyl (C=O) groups excluding carboxylic acids is 1. The molecule has 0 spiro atoms. The van der Waals surface area contributed by atoms with Crippen LogP contribution < -0.4 is 0 Å². The summed E-state index contributed by atoms with van der Waals surface area (Å²) in [4.78, 5) is 16.6. The van der Waals surface area contributed by atoms with Crippen LogP contribution in [0.5, 0.6) is 0 Å². The Morgan fingerprint density at radius 1 is 1.18 bits per heavy atom. The molecule has 0 amide bonds. The van der Waals surface area contributed by atoms with Gasteiger partial charge < -0.3 is 9.47 Å². The standard InChI is InChI=1S/C18H29NO3/c1-5-14(4)15(13-18(21-6-2)22-7-3)12-17(20)16-10-8-9-11-19-16/h8-11,14-15,18H,5-7,12-13H2,1-4H3/t14-,15?/m0/s1. The molecule has 4 heteroatoms. The number of rotatable bonds is 11. The fraction of sp³-hybridized carbons (Fsp3) is 0.667. The first-order chi connectivity index (χ1) is 10.6. The number of ether oxygens (including phenoxy) is 2. The van der Waals surface area contributed by atoms with E-state index >= 15 is 0 Å². The zero-order valence-corrected chi connectivity index (χ0v) is 14.2. The van der Waals surface area contributed by atoms with Gasteiger partial charge in [-0.25, -0.2) is 0 Å². The van der Waals surface area contributed by atoms with Crippen LogP contribution in [0, 0.1) is 11.8 Å². The smallest absolute Gasteiger partial charge is 0.181 e. The van der Waals surface area contributed by atoms with Crippen molar-refractivity contribution < 1.29 is 14.3 Å². The molecule has 0 aromatic carbocycles. The lowest BCUT2D eigenvalue weighted by Crippen LogP contribution is -2.26. The van der Waals surface area contributed by atoms with E-state index in [0.717, 1.165) is 12.8 Å². The van der Waals surface area contributed by atoms with Crippen LogP contribution in [-0.4, -0.2) is 30.3 Å². The van der Waals surface area contributed by atoms with Gasteiger partial charge in [0.2, 0.25) is 0 Å². The Morgan fingerprint density at radius 3 is 2.36 bits per heavy atom. The van der Waals surface area contributed by atoms with Crippen molar-refractivity contribution in [1.82, 2.24) is 4.98 Å². The average molecular weight is 307 g/mol. The summed E-state index contributed by atoms with van der Waals surface area (Å²) in [6.45, 7) is 9.50. The Bertz CT molecular complexity index is 416. The first-order valence-electron chi connectivity index (χ1n) is 8.29. The molecule has 0 saturated heterocycles. The maximum atomic E-state index is 12.4. The fourth-order valence-corrected chi connectivity index (χ4v) is 2.52. The molecule has 2 atom stereocenters. The van der Waals surface area contributed by atoms with Gasteiger partial charge in [-0.05, 0) is 37.8 Å². The van der Waals surface area contributed by atoms with E-state index in [1.54, 1.807) is 12.3 Å². The largest absolute Gasteiger partial charge is 0.353 e. The Hall–Kier alpha value is -1.26. The number of ketones is 1. The molecule has 1 aromatic heterocycles. The lowest BCUT2D eigenvalue weighted by molar-refractivity contribution is -0.148. The molecule has 0 bridgehead atoms. The Labute approximate surface area is 134 Å². The zero-order valence-electron chi connectivity index (χ0n) is 14.2. The van der Waals surface area contributed by atoms with E-state index < -0.39 is 0 Å². The lowest BCUT2D eigenvalue weighted by atomic mass is 9.84. The summed E-state index contributed by atoms with van der Waals surface area (Å²) in [5.41, 5.74) is 0.542. The third-order valence-electron chi connectivity index (χ3n) is 4.05. The summed E-state index contributed by atoms with van der Waals surface area (Å²) in [5, 5.41) is 0. The zero-order chi connectivity index (χ0) is 16.4. The molecule has 0 aliphatic carbocycles. The van der Waals surface area contributed by atoms with Crippen molar-refractivity contribution in [2.45, 2.75) is 53.2 Å². The first-order valence-corrected chi connectivity index (χ1v) is 8.29. The molecule has 0 saturated carbocycles. The Morgan fingerprint density at radius 2 is 1.86 bits per heavy atom. The quantitative estimate of drug-likeness (QED) is 0.456. The van der Waals surface area contributed by atoms with Crippen molar-refractivity contribution in [2.24, 2.45) is 11.8 Å². The molecule has 0 fully saturated rings. The van der Waals surface area contributed by atoms with E-state index in [2.05, 4.69) is 18.8 Å². The monoisotopic (exact) mass is 307 g/mol. The molecule has 124 valence electrons. The molecule has 4 nitrogen and oxygen atoms in total. The number of carbonyl (C=O) groups is 1. The number of hydrogen-bond acceptors (Lipinski definition) is 4. The van der Waals surface area contributed by atoms with Gasteiger partial charge in [-0.3, -0.25) is 9.78 Å². The minimum absolute atomic E-state index is 0.0950. The van der Waals surface area contributed by atoms with Crippen LogP contribution in [0.2, 0.25) is 0 Å². The molecule has 0 radical (unpaired) electrons. The predicted molar refractivity (Wildman–Crippen MR) is 87.8 cm³/mol. The molecule has 22 heavy (non-hydrogen) atoms. The number of nitrogens with zero attached hydrogens (tertiary/aromatic N) is 1. The molecule has 1 rings (SSSR count). The number of pyridine rings is 1. The van der Waals surface area contributed by atoms with Crippen molar-refractivity contribution in [1.29, 1.82) is 0 Å². The highest BCUT2D eigenvalue weighted by atomic mass is 16.7. The highest BCUT2D eigenvalue weighted by molar-refractivity contribution is 5.94. The molecule has 0 aliphatic heterocycles. The first kappa shape index (κ1) is 18.8. The van der Waals surface area contributed by atoms with Gasteiger partial charge in [0.25, 0.3) is 0 Å². The normalized spacial score (nSPS) is 14.0. The van der Waals surface area contributed by atoms with Crippen molar-refractivity contribution in [3.05, 3.63) is 30.1 Å². The molecule has 0 N–H and O–H groups in total. The summed E-state index contributed by atoms with van der Waals surface area (Å²) in [6.07, 6.45) is 3.70. The van der Waals surface area contributed by atoms with Gasteiger partial charge in [0.05, 0.1) is 0 Å². The van der Waals surface area contributed by atoms with Crippen molar-refractivity contribution in [3.63, 3.8) is 0 Å². The van der Waals surface area contributed by atoms with Gasteiger partial charge in [-0.2, -0.15) is 0 Å². The van der Waals surface area contributed by atoms with Crippen molar-refractivity contribution in [3.8, 4) is 0 Å². The van der Waals surface area contributed by atoms with E-state index in [1.807, 2.05) is 26.0 Å². The van der Waals surface area contributed by atoms with Gasteiger partial charge in [-0.15, -0.1) is 0 Å². The van der Waals surface area contributed by atoms with Gasteiger partial charge >= 0.3 is 0 Å². The van der Waals surface area contributed by atoms with Crippen LogP contribution in [0.15, 0.2) is 24.4 Å². The molecule has 1 unspecified atom stereocenters. The Kier molecular flexibility index (Phi) is 8.94. The second-order valence-corrected chi connectivity index (χ2v) is 5.56. The third kappa shape index (κ3) is 6.24. The fourth-order valence-electron chi connectivity index (χ4n) is 2.52. The third-order valence-corrected chi connectivity index (χ3v) is 4.05. The maximum Gasteiger partial charge on any atom is 0.181 e. The van der Waals surface area contributed by atoms with Crippen LogP contribution in [0.1, 0.15) is 57.4 Å². The number of aromatic nitrogens is 1. The SMILES string of the molecule is CCOC(CC(CC(=O)c1ccccn1)[C@@H](C)CC)OCC. The molecular formula is C18H29NO3. The molecule has 1 heterocycles. The predicted octanol–water partition coefficient (Wildman–Crippen LogP) is 4.11. The van der Waals surface area contributed by atoms with E-state index in [9.17, 15) is 4.79 Å². The minimum atomic E-state index is -0.231. The van der Waals surface area contributed by atoms with Crippen LogP contribution >= 0.6 is 0 Å². The van der Waals surface area contributed by atoms with E-state index in [0.29, 0.717) is 31.2 Å². The maximum absolute atomic E-state index is 12.4. The van der Waals surface area contributed by atoms with E-state index in [-0.39, 0.29) is 18.0 Å². The Balaban J connectivity index is 2.73. The van der Waals surface area contributed by atoms with Gasteiger partial charge in [0.1, 0.15) is 5.69 Å². The lowest BCUT2D eigenvalue weighted by Gasteiger charge is -2.27. The summed E-state index contributed by atoms with van der Waals surface area (Å²) in [6, 6.07) is 5.45. The highest BCUT2D eigenvalue weighted by Gasteiger charge is 2.25. The van der Waals surface area contributed by atoms with Crippen LogP contribution in [-0.2, 0) is 9.47 Å². The van der Waals surface area contributed by atoms with Crippen molar-refractivity contribution >= 4 is 5.78 Å². The number of Topliss-reactive ketones (excluding diaryl/α,β-unsaturated/α-hetero) is 1. The van der Waals surface area contributed by atoms with Gasteiger partial charge in [-0.1, -0.05) is 26.3 Å². The second kappa shape index (κ2) is 10.5. The summed E-state index contributed by atoms with van der Waals surface area (Å²) >= 11 is 0. The van der Waals surface area contributed by atoms with E-state index in [1.165, 1.54) is 0 Å². The van der Waals surface area contributed by atoms with Gasteiger partial charge in [0, 0.05) is 32.3 Å². The summed E-state index contributed by atoms with van der Waals surface area (Å²) < 4.78 is 11.3.